The van der Waals surface area contributed by atoms with Crippen LogP contribution in [0, 0.1) is 0 Å². The van der Waals surface area contributed by atoms with Gasteiger partial charge in [-0.3, -0.25) is 24.0 Å². The molecular weight excluding hydrogens is 418 g/mol. The standard InChI is InChI=1S/C17H27N5O9/c18-8(7-23)14(27)20-9(3-4-12(19)24)16(29)22-5-1-2-11(22)15(28)21-10(17(30)31)6-13(25)26/h8-11,23H,1-7,18H2,(H2,19,24)(H,20,27)(H,21,28)(H,25,26)(H,30,31). The van der Waals surface area contributed by atoms with Gasteiger partial charge in [0.1, 0.15) is 24.2 Å². The Kier molecular flexibility index (Phi) is 9.82. The summed E-state index contributed by atoms with van der Waals surface area (Å²) in [5.74, 6) is -6.13. The summed E-state index contributed by atoms with van der Waals surface area (Å²) < 4.78 is 0. The second kappa shape index (κ2) is 11.8. The third-order valence-electron chi connectivity index (χ3n) is 4.66. The van der Waals surface area contributed by atoms with E-state index in [1.807, 2.05) is 0 Å². The predicted molar refractivity (Wildman–Crippen MR) is 102 cm³/mol. The molecule has 4 amide bonds. The number of hydrogen-bond donors (Lipinski definition) is 7. The van der Waals surface area contributed by atoms with E-state index in [0.29, 0.717) is 6.42 Å². The molecule has 9 N–H and O–H groups in total. The molecular formula is C17H27N5O9. The van der Waals surface area contributed by atoms with Crippen LogP contribution in [0.15, 0.2) is 0 Å². The largest absolute Gasteiger partial charge is 0.481 e. The number of aliphatic hydroxyl groups excluding tert-OH is 1. The monoisotopic (exact) mass is 445 g/mol. The number of rotatable bonds is 12. The number of carboxylic acids is 2. The van der Waals surface area contributed by atoms with Gasteiger partial charge in [0.25, 0.3) is 0 Å². The van der Waals surface area contributed by atoms with Crippen LogP contribution in [0.3, 0.4) is 0 Å². The van der Waals surface area contributed by atoms with Crippen molar-refractivity contribution < 1.29 is 44.1 Å². The summed E-state index contributed by atoms with van der Waals surface area (Å²) in [4.78, 5) is 71.8. The molecule has 4 atom stereocenters. The lowest BCUT2D eigenvalue weighted by Gasteiger charge is -2.29. The first-order valence-corrected chi connectivity index (χ1v) is 9.48. The van der Waals surface area contributed by atoms with E-state index in [2.05, 4.69) is 10.6 Å². The van der Waals surface area contributed by atoms with Crippen molar-refractivity contribution >= 4 is 35.6 Å². The third kappa shape index (κ3) is 7.82. The highest BCUT2D eigenvalue weighted by molar-refractivity contribution is 5.95. The van der Waals surface area contributed by atoms with E-state index in [-0.39, 0.29) is 25.8 Å². The van der Waals surface area contributed by atoms with Gasteiger partial charge < -0.3 is 42.3 Å². The smallest absolute Gasteiger partial charge is 0.326 e. The lowest BCUT2D eigenvalue weighted by atomic mass is 10.1. The Morgan fingerprint density at radius 1 is 1.06 bits per heavy atom. The van der Waals surface area contributed by atoms with E-state index < -0.39 is 72.8 Å². The van der Waals surface area contributed by atoms with E-state index in [9.17, 15) is 28.8 Å². The van der Waals surface area contributed by atoms with Crippen molar-refractivity contribution in [2.45, 2.75) is 56.3 Å². The van der Waals surface area contributed by atoms with Crippen molar-refractivity contribution in [2.75, 3.05) is 13.2 Å². The van der Waals surface area contributed by atoms with Crippen LogP contribution in [0.25, 0.3) is 0 Å². The summed E-state index contributed by atoms with van der Waals surface area (Å²) in [6.45, 7) is -0.569. The quantitative estimate of drug-likeness (QED) is 0.154. The average Bonchev–Trinajstić information content (AvgIpc) is 3.18. The maximum Gasteiger partial charge on any atom is 0.326 e. The molecule has 0 aromatic heterocycles. The number of nitrogens with zero attached hydrogens (tertiary/aromatic N) is 1. The highest BCUT2D eigenvalue weighted by atomic mass is 16.4. The third-order valence-corrected chi connectivity index (χ3v) is 4.66. The highest BCUT2D eigenvalue weighted by Gasteiger charge is 2.39. The van der Waals surface area contributed by atoms with E-state index in [1.54, 1.807) is 0 Å². The van der Waals surface area contributed by atoms with Gasteiger partial charge in [-0.25, -0.2) is 4.79 Å². The molecule has 0 aromatic carbocycles. The summed E-state index contributed by atoms with van der Waals surface area (Å²) in [6, 6.07) is -5.35. The highest BCUT2D eigenvalue weighted by Crippen LogP contribution is 2.20. The van der Waals surface area contributed by atoms with Crippen LogP contribution in [-0.2, 0) is 28.8 Å². The molecule has 4 unspecified atom stereocenters. The van der Waals surface area contributed by atoms with Crippen LogP contribution in [0.1, 0.15) is 32.1 Å². The fourth-order valence-electron chi connectivity index (χ4n) is 3.05. The number of likely N-dealkylation sites (tertiary alicyclic amines) is 1. The molecule has 0 bridgehead atoms. The summed E-state index contributed by atoms with van der Waals surface area (Å²) in [7, 11) is 0. The first-order valence-electron chi connectivity index (χ1n) is 9.48. The Labute approximate surface area is 176 Å². The summed E-state index contributed by atoms with van der Waals surface area (Å²) in [5, 5.41) is 31.3. The number of primary amides is 1. The second-order valence-electron chi connectivity index (χ2n) is 7.04. The van der Waals surface area contributed by atoms with Gasteiger partial charge in [-0.1, -0.05) is 0 Å². The number of amides is 4. The van der Waals surface area contributed by atoms with Crippen LogP contribution < -0.4 is 22.1 Å². The van der Waals surface area contributed by atoms with Crippen molar-refractivity contribution in [1.29, 1.82) is 0 Å². The SMILES string of the molecule is NC(=O)CCC(NC(=O)C(N)CO)C(=O)N1CCCC1C(=O)NC(CC(=O)O)C(=O)O. The van der Waals surface area contributed by atoms with Crippen molar-refractivity contribution in [3.05, 3.63) is 0 Å². The zero-order valence-electron chi connectivity index (χ0n) is 16.7. The maximum absolute atomic E-state index is 13.0. The lowest BCUT2D eigenvalue weighted by molar-refractivity contribution is -0.148. The van der Waals surface area contributed by atoms with Gasteiger partial charge in [0.05, 0.1) is 13.0 Å². The normalized spacial score (nSPS) is 18.5. The van der Waals surface area contributed by atoms with Gasteiger partial charge in [-0.15, -0.1) is 0 Å². The number of carboxylic acid groups (broad SMARTS) is 2. The minimum Gasteiger partial charge on any atom is -0.481 e. The maximum atomic E-state index is 13.0. The lowest BCUT2D eigenvalue weighted by Crippen LogP contribution is -2.57. The summed E-state index contributed by atoms with van der Waals surface area (Å²) in [6.07, 6.45) is -0.704. The molecule has 31 heavy (non-hydrogen) atoms. The van der Waals surface area contributed by atoms with Crippen LogP contribution >= 0.6 is 0 Å². The molecule has 14 nitrogen and oxygen atoms in total. The molecule has 1 aliphatic rings. The number of carbonyl (C=O) groups excluding carboxylic acids is 4. The van der Waals surface area contributed by atoms with Crippen molar-refractivity contribution in [2.24, 2.45) is 11.5 Å². The van der Waals surface area contributed by atoms with Gasteiger partial charge in [-0.05, 0) is 19.3 Å². The summed E-state index contributed by atoms with van der Waals surface area (Å²) in [5.41, 5.74) is 10.5. The molecule has 14 heteroatoms. The Morgan fingerprint density at radius 2 is 1.71 bits per heavy atom. The number of hydrogen-bond acceptors (Lipinski definition) is 8. The Morgan fingerprint density at radius 3 is 2.23 bits per heavy atom. The van der Waals surface area contributed by atoms with E-state index in [1.165, 1.54) is 0 Å². The number of nitrogens with one attached hydrogen (secondary N) is 2. The van der Waals surface area contributed by atoms with E-state index >= 15 is 0 Å². The van der Waals surface area contributed by atoms with Crippen LogP contribution in [0.2, 0.25) is 0 Å². The molecule has 0 radical (unpaired) electrons. The molecule has 0 spiro atoms. The number of carbonyl (C=O) groups is 6. The zero-order chi connectivity index (χ0) is 23.7. The molecule has 1 heterocycles. The van der Waals surface area contributed by atoms with Crippen LogP contribution in [0.5, 0.6) is 0 Å². The molecule has 0 aliphatic carbocycles. The fraction of sp³-hybridized carbons (Fsp3) is 0.647. The van der Waals surface area contributed by atoms with Gasteiger partial charge in [0.2, 0.25) is 23.6 Å². The molecule has 0 saturated carbocycles. The first kappa shape index (κ1) is 25.8. The predicted octanol–water partition coefficient (Wildman–Crippen LogP) is -3.91. The van der Waals surface area contributed by atoms with Gasteiger partial charge >= 0.3 is 11.9 Å². The Hall–Kier alpha value is -3.26. The fourth-order valence-corrected chi connectivity index (χ4v) is 3.05. The molecule has 1 aliphatic heterocycles. The Balaban J connectivity index is 2.97. The average molecular weight is 445 g/mol. The minimum absolute atomic E-state index is 0.114. The van der Waals surface area contributed by atoms with Crippen LogP contribution in [0.4, 0.5) is 0 Å². The van der Waals surface area contributed by atoms with E-state index in [4.69, 9.17) is 26.8 Å². The number of aliphatic hydroxyl groups is 1. The van der Waals surface area contributed by atoms with Crippen molar-refractivity contribution in [3.63, 3.8) is 0 Å². The van der Waals surface area contributed by atoms with Gasteiger partial charge in [-0.2, -0.15) is 0 Å². The van der Waals surface area contributed by atoms with Gasteiger partial charge in [0.15, 0.2) is 0 Å². The second-order valence-corrected chi connectivity index (χ2v) is 7.04. The van der Waals surface area contributed by atoms with Crippen molar-refractivity contribution in [3.8, 4) is 0 Å². The minimum atomic E-state index is -1.68. The topological polar surface area (TPSA) is 242 Å². The molecule has 1 saturated heterocycles. The molecule has 174 valence electrons. The van der Waals surface area contributed by atoms with Gasteiger partial charge in [0, 0.05) is 13.0 Å². The van der Waals surface area contributed by atoms with Crippen molar-refractivity contribution in [1.82, 2.24) is 15.5 Å². The molecule has 0 aromatic rings. The molecule has 1 fully saturated rings. The zero-order valence-corrected chi connectivity index (χ0v) is 16.7. The Bertz CT molecular complexity index is 729. The molecule has 1 rings (SSSR count). The number of aliphatic carboxylic acids is 2. The first-order chi connectivity index (χ1) is 14.5. The summed E-state index contributed by atoms with van der Waals surface area (Å²) >= 11 is 0. The number of nitrogens with two attached hydrogens (primary N) is 2. The van der Waals surface area contributed by atoms with E-state index in [0.717, 1.165) is 4.90 Å². The van der Waals surface area contributed by atoms with Crippen LogP contribution in [-0.4, -0.2) is 93.1 Å².